The lowest BCUT2D eigenvalue weighted by atomic mass is 10.0. The molecule has 0 aliphatic rings. The molecule has 0 fully saturated rings. The molecule has 0 spiro atoms. The van der Waals surface area contributed by atoms with Crippen LogP contribution in [0.25, 0.3) is 0 Å². The molecule has 0 heterocycles. The van der Waals surface area contributed by atoms with Crippen molar-refractivity contribution in [2.24, 2.45) is 0 Å². The fourth-order valence-electron chi connectivity index (χ4n) is 2.74. The molecule has 0 aliphatic carbocycles. The summed E-state index contributed by atoms with van der Waals surface area (Å²) in [5.74, 6) is 0. The van der Waals surface area contributed by atoms with Crippen molar-refractivity contribution in [3.05, 3.63) is 12.7 Å². The first kappa shape index (κ1) is 24.9. The molecule has 0 bridgehead atoms. The number of unbranched alkanes of at least 4 members (excludes halogenated alkanes) is 6. The molecule has 0 saturated heterocycles. The highest BCUT2D eigenvalue weighted by Gasteiger charge is 2.36. The Morgan fingerprint density at radius 1 is 0.920 bits per heavy atom. The lowest BCUT2D eigenvalue weighted by Gasteiger charge is -2.36. The second-order valence-corrected chi connectivity index (χ2v) is 13.7. The third-order valence-corrected chi connectivity index (χ3v) is 10.0. The molecule has 0 aromatic heterocycles. The Kier molecular flexibility index (Phi) is 13.9. The highest BCUT2D eigenvalue weighted by molar-refractivity contribution is 6.74. The van der Waals surface area contributed by atoms with Crippen molar-refractivity contribution in [1.82, 2.24) is 0 Å². The van der Waals surface area contributed by atoms with Crippen LogP contribution in [0, 0.1) is 0 Å². The van der Waals surface area contributed by atoms with Crippen LogP contribution in [0.5, 0.6) is 0 Å². The molecular formula is C22H46O2Si. The van der Waals surface area contributed by atoms with E-state index in [1.807, 2.05) is 6.08 Å². The first-order chi connectivity index (χ1) is 11.7. The Morgan fingerprint density at radius 3 is 2.00 bits per heavy atom. The lowest BCUT2D eigenvalue weighted by molar-refractivity contribution is 0.0589. The van der Waals surface area contributed by atoms with Gasteiger partial charge in [-0.05, 0) is 37.4 Å². The third kappa shape index (κ3) is 12.8. The van der Waals surface area contributed by atoms with E-state index in [-0.39, 0.29) is 0 Å². The summed E-state index contributed by atoms with van der Waals surface area (Å²) in [7, 11) is -1.54. The van der Waals surface area contributed by atoms with E-state index < -0.39 is 8.32 Å². The van der Waals surface area contributed by atoms with Gasteiger partial charge in [-0.25, -0.2) is 0 Å². The van der Waals surface area contributed by atoms with E-state index in [2.05, 4.69) is 47.4 Å². The molecule has 25 heavy (non-hydrogen) atoms. The van der Waals surface area contributed by atoms with Crippen LogP contribution in [0.2, 0.25) is 18.1 Å². The molecule has 3 heteroatoms. The fourth-order valence-corrected chi connectivity index (χ4v) is 3.83. The molecule has 0 aromatic carbocycles. The van der Waals surface area contributed by atoms with Gasteiger partial charge in [-0.15, -0.1) is 6.58 Å². The highest BCUT2D eigenvalue weighted by atomic mass is 28.4. The summed E-state index contributed by atoms with van der Waals surface area (Å²) in [6, 6.07) is 0. The average Bonchev–Trinajstić information content (AvgIpc) is 2.53. The van der Waals surface area contributed by atoms with Gasteiger partial charge in [0.25, 0.3) is 0 Å². The monoisotopic (exact) mass is 370 g/mol. The quantitative estimate of drug-likeness (QED) is 0.159. The highest BCUT2D eigenvalue weighted by Crippen LogP contribution is 2.36. The molecule has 0 radical (unpaired) electrons. The van der Waals surface area contributed by atoms with Crippen molar-refractivity contribution < 1.29 is 9.16 Å². The summed E-state index contributed by atoms with van der Waals surface area (Å²) in [5.41, 5.74) is 0. The number of hydrogen-bond acceptors (Lipinski definition) is 2. The number of rotatable bonds is 16. The number of hydrogen-bond donors (Lipinski definition) is 0. The van der Waals surface area contributed by atoms with Gasteiger partial charge in [0, 0.05) is 6.61 Å². The van der Waals surface area contributed by atoms with Crippen molar-refractivity contribution in [3.63, 3.8) is 0 Å². The van der Waals surface area contributed by atoms with Crippen LogP contribution in [0.1, 0.15) is 91.9 Å². The lowest BCUT2D eigenvalue weighted by Crippen LogP contribution is -2.40. The van der Waals surface area contributed by atoms with E-state index in [1.165, 1.54) is 64.2 Å². The van der Waals surface area contributed by atoms with Crippen LogP contribution >= 0.6 is 0 Å². The minimum Gasteiger partial charge on any atom is -0.417 e. The average molecular weight is 371 g/mol. The summed E-state index contributed by atoms with van der Waals surface area (Å²) in [4.78, 5) is 0. The summed E-state index contributed by atoms with van der Waals surface area (Å²) in [6.07, 6.45) is 15.2. The van der Waals surface area contributed by atoms with Gasteiger partial charge in [0.1, 0.15) is 0 Å². The van der Waals surface area contributed by atoms with E-state index in [1.54, 1.807) is 0 Å². The van der Waals surface area contributed by atoms with Crippen LogP contribution < -0.4 is 0 Å². The van der Waals surface area contributed by atoms with Crippen molar-refractivity contribution in [1.29, 1.82) is 0 Å². The maximum atomic E-state index is 6.24. The molecule has 0 aromatic rings. The maximum Gasteiger partial charge on any atom is 0.191 e. The van der Waals surface area contributed by atoms with Gasteiger partial charge in [0.2, 0.25) is 0 Å². The van der Waals surface area contributed by atoms with Gasteiger partial charge in [0.05, 0.1) is 12.7 Å². The fraction of sp³-hybridized carbons (Fsp3) is 0.909. The van der Waals surface area contributed by atoms with Gasteiger partial charge in [-0.2, -0.15) is 0 Å². The number of ether oxygens (including phenoxy) is 1. The van der Waals surface area contributed by atoms with Crippen LogP contribution in [-0.4, -0.2) is 27.6 Å². The molecule has 1 unspecified atom stereocenters. The minimum atomic E-state index is -1.54. The molecule has 0 rings (SSSR count). The van der Waals surface area contributed by atoms with Gasteiger partial charge in [-0.1, -0.05) is 78.7 Å². The van der Waals surface area contributed by atoms with E-state index >= 15 is 0 Å². The Bertz CT molecular complexity index is 320. The topological polar surface area (TPSA) is 18.5 Å². The predicted octanol–water partition coefficient (Wildman–Crippen LogP) is 7.50. The molecule has 2 nitrogen and oxygen atoms in total. The van der Waals surface area contributed by atoms with Gasteiger partial charge < -0.3 is 9.16 Å². The second-order valence-electron chi connectivity index (χ2n) is 8.91. The van der Waals surface area contributed by atoms with E-state index in [0.717, 1.165) is 6.61 Å². The zero-order valence-electron chi connectivity index (χ0n) is 18.2. The van der Waals surface area contributed by atoms with Gasteiger partial charge in [-0.3, -0.25) is 0 Å². The first-order valence-corrected chi connectivity index (χ1v) is 13.5. The van der Waals surface area contributed by atoms with E-state index in [0.29, 0.717) is 17.7 Å². The molecule has 0 N–H and O–H groups in total. The normalized spacial score (nSPS) is 13.8. The smallest absolute Gasteiger partial charge is 0.191 e. The van der Waals surface area contributed by atoms with Crippen molar-refractivity contribution in [2.75, 3.05) is 13.2 Å². The zero-order chi connectivity index (χ0) is 19.2. The van der Waals surface area contributed by atoms with Crippen LogP contribution in [0.4, 0.5) is 0 Å². The summed E-state index contributed by atoms with van der Waals surface area (Å²) < 4.78 is 12.1. The molecular weight excluding hydrogens is 324 g/mol. The summed E-state index contributed by atoms with van der Waals surface area (Å²) in [5, 5.41) is 0.331. The maximum absolute atomic E-state index is 6.24. The standard InChI is InChI=1S/C22H46O2Si/c1-8-17-21(23-19-9-2)18-15-13-11-10-12-14-16-20-24-25(6,7)22(3,4)5/h9,21H,2,8,10-20H2,1,3-7H3. The minimum absolute atomic E-state index is 0.331. The Hall–Kier alpha value is -0.123. The Balaban J connectivity index is 3.54. The van der Waals surface area contributed by atoms with Crippen LogP contribution in [0.3, 0.4) is 0 Å². The molecule has 150 valence electrons. The second kappa shape index (κ2) is 14.0. The SMILES string of the molecule is C=CCOC(CCC)CCCCCCCCCO[Si](C)(C)C(C)(C)C. The van der Waals surface area contributed by atoms with Gasteiger partial charge >= 0.3 is 0 Å². The van der Waals surface area contributed by atoms with Crippen molar-refractivity contribution in [2.45, 2.75) is 116 Å². The molecule has 1 atom stereocenters. The van der Waals surface area contributed by atoms with Crippen LogP contribution in [-0.2, 0) is 9.16 Å². The summed E-state index contributed by atoms with van der Waals surface area (Å²) >= 11 is 0. The zero-order valence-corrected chi connectivity index (χ0v) is 19.2. The Morgan fingerprint density at radius 2 is 1.48 bits per heavy atom. The molecule has 0 aliphatic heterocycles. The van der Waals surface area contributed by atoms with Crippen LogP contribution in [0.15, 0.2) is 12.7 Å². The van der Waals surface area contributed by atoms with E-state index in [4.69, 9.17) is 9.16 Å². The van der Waals surface area contributed by atoms with Crippen molar-refractivity contribution in [3.8, 4) is 0 Å². The first-order valence-electron chi connectivity index (χ1n) is 10.6. The third-order valence-electron chi connectivity index (χ3n) is 5.50. The predicted molar refractivity (Wildman–Crippen MR) is 115 cm³/mol. The van der Waals surface area contributed by atoms with Gasteiger partial charge in [0.15, 0.2) is 8.32 Å². The van der Waals surface area contributed by atoms with Crippen molar-refractivity contribution >= 4 is 8.32 Å². The summed E-state index contributed by atoms with van der Waals surface area (Å²) in [6.45, 7) is 19.2. The largest absolute Gasteiger partial charge is 0.417 e. The Labute approximate surface area is 159 Å². The molecule has 0 amide bonds. The molecule has 0 saturated carbocycles. The van der Waals surface area contributed by atoms with E-state index in [9.17, 15) is 0 Å².